The fourth-order valence-corrected chi connectivity index (χ4v) is 5.21. The van der Waals surface area contributed by atoms with Crippen LogP contribution in [0.5, 0.6) is 5.75 Å². The lowest BCUT2D eigenvalue weighted by Gasteiger charge is -2.20. The van der Waals surface area contributed by atoms with Crippen LogP contribution in [0, 0.1) is 0 Å². The molecule has 3 aromatic rings. The van der Waals surface area contributed by atoms with Crippen molar-refractivity contribution in [3.05, 3.63) is 76.6 Å². The second-order valence-electron chi connectivity index (χ2n) is 6.53. The van der Waals surface area contributed by atoms with Crippen molar-refractivity contribution in [3.63, 3.8) is 0 Å². The number of hydrogen-bond acceptors (Lipinski definition) is 5. The summed E-state index contributed by atoms with van der Waals surface area (Å²) in [6, 6.07) is 17.2. The third kappa shape index (κ3) is 5.13. The number of likely N-dealkylation sites (N-methyl/N-ethyl adjacent to an activating group) is 1. The number of amides is 1. The Morgan fingerprint density at radius 3 is 2.37 bits per heavy atom. The first-order valence-electron chi connectivity index (χ1n) is 9.01. The maximum absolute atomic E-state index is 12.6. The molecule has 0 aliphatic heterocycles. The highest BCUT2D eigenvalue weighted by molar-refractivity contribution is 7.94. The molecule has 0 unspecified atom stereocenters. The van der Waals surface area contributed by atoms with Gasteiger partial charge >= 0.3 is 0 Å². The Balaban J connectivity index is 1.58. The molecule has 0 N–H and O–H groups in total. The average molecular weight is 465 g/mol. The summed E-state index contributed by atoms with van der Waals surface area (Å²) in [5.74, 6) is 0.275. The van der Waals surface area contributed by atoms with Gasteiger partial charge in [-0.1, -0.05) is 35.9 Å². The van der Waals surface area contributed by atoms with Gasteiger partial charge in [-0.25, -0.2) is 8.42 Å². The minimum atomic E-state index is -3.59. The van der Waals surface area contributed by atoms with E-state index in [0.29, 0.717) is 23.0 Å². The third-order valence-corrected chi connectivity index (χ3v) is 7.99. The van der Waals surface area contributed by atoms with E-state index in [-0.39, 0.29) is 16.7 Å². The van der Waals surface area contributed by atoms with Crippen LogP contribution >= 0.6 is 22.9 Å². The van der Waals surface area contributed by atoms with Crippen molar-refractivity contribution in [1.29, 1.82) is 0 Å². The van der Waals surface area contributed by atoms with Crippen molar-refractivity contribution >= 4 is 44.6 Å². The molecule has 0 radical (unpaired) electrons. The lowest BCUT2D eigenvalue weighted by molar-refractivity contribution is -0.132. The van der Waals surface area contributed by atoms with Gasteiger partial charge in [-0.2, -0.15) is 0 Å². The molecule has 158 valence electrons. The highest BCUT2D eigenvalue weighted by atomic mass is 35.5. The number of rotatable bonds is 8. The van der Waals surface area contributed by atoms with Crippen LogP contribution < -0.4 is 9.04 Å². The molecule has 0 atom stereocenters. The molecule has 3 rings (SSSR count). The minimum absolute atomic E-state index is 0.135. The molecule has 1 heterocycles. The van der Waals surface area contributed by atoms with Crippen molar-refractivity contribution < 1.29 is 17.9 Å². The number of anilines is 1. The fourth-order valence-electron chi connectivity index (χ4n) is 2.66. The smallest absolute Gasteiger partial charge is 0.273 e. The summed E-state index contributed by atoms with van der Waals surface area (Å²) < 4.78 is 32.2. The quantitative estimate of drug-likeness (QED) is 0.499. The second kappa shape index (κ2) is 9.51. The van der Waals surface area contributed by atoms with Crippen LogP contribution in [0.2, 0.25) is 5.02 Å². The van der Waals surface area contributed by atoms with E-state index in [1.807, 2.05) is 18.2 Å². The topological polar surface area (TPSA) is 66.9 Å². The molecule has 30 heavy (non-hydrogen) atoms. The molecule has 0 fully saturated rings. The van der Waals surface area contributed by atoms with Crippen molar-refractivity contribution in [2.24, 2.45) is 0 Å². The largest absolute Gasteiger partial charge is 0.484 e. The van der Waals surface area contributed by atoms with Gasteiger partial charge in [-0.15, -0.1) is 11.3 Å². The molecule has 2 aromatic carbocycles. The van der Waals surface area contributed by atoms with Crippen molar-refractivity contribution in [1.82, 2.24) is 4.90 Å². The zero-order valence-electron chi connectivity index (χ0n) is 16.5. The molecular weight excluding hydrogens is 444 g/mol. The van der Waals surface area contributed by atoms with Crippen LogP contribution in [-0.2, 0) is 21.4 Å². The molecule has 0 saturated heterocycles. The first-order chi connectivity index (χ1) is 14.3. The number of carbonyl (C=O) groups excluding carboxylic acids is 1. The predicted octanol–water partition coefficient (Wildman–Crippen LogP) is 4.26. The van der Waals surface area contributed by atoms with E-state index in [2.05, 4.69) is 0 Å². The fraction of sp³-hybridized carbons (Fsp3) is 0.190. The number of benzene rings is 2. The summed E-state index contributed by atoms with van der Waals surface area (Å²) in [7, 11) is -0.411. The van der Waals surface area contributed by atoms with Gasteiger partial charge in [-0.3, -0.25) is 9.10 Å². The molecule has 6 nitrogen and oxygen atoms in total. The number of halogens is 1. The first kappa shape index (κ1) is 22.1. The van der Waals surface area contributed by atoms with E-state index in [4.69, 9.17) is 16.3 Å². The Hall–Kier alpha value is -2.55. The van der Waals surface area contributed by atoms with Gasteiger partial charge in [0.05, 0.1) is 5.69 Å². The monoisotopic (exact) mass is 464 g/mol. The maximum Gasteiger partial charge on any atom is 0.273 e. The Bertz CT molecular complexity index is 1100. The number of nitrogens with zero attached hydrogens (tertiary/aromatic N) is 2. The summed E-state index contributed by atoms with van der Waals surface area (Å²) in [5, 5.41) is 2.33. The van der Waals surface area contributed by atoms with E-state index < -0.39 is 10.0 Å². The summed E-state index contributed by atoms with van der Waals surface area (Å²) in [5.41, 5.74) is 1.35. The maximum atomic E-state index is 12.6. The Labute approximate surface area is 185 Å². The summed E-state index contributed by atoms with van der Waals surface area (Å²) in [6.07, 6.45) is 0. The Kier molecular flexibility index (Phi) is 7.02. The zero-order valence-corrected chi connectivity index (χ0v) is 18.9. The predicted molar refractivity (Wildman–Crippen MR) is 120 cm³/mol. The van der Waals surface area contributed by atoms with Crippen LogP contribution in [0.25, 0.3) is 0 Å². The molecule has 0 bridgehead atoms. The van der Waals surface area contributed by atoms with Gasteiger partial charge in [0.2, 0.25) is 0 Å². The van der Waals surface area contributed by atoms with E-state index in [9.17, 15) is 13.2 Å². The Morgan fingerprint density at radius 2 is 1.73 bits per heavy atom. The highest BCUT2D eigenvalue weighted by Gasteiger charge is 2.22. The molecule has 0 aliphatic rings. The second-order valence-corrected chi connectivity index (χ2v) is 10.1. The van der Waals surface area contributed by atoms with Gasteiger partial charge in [0.1, 0.15) is 9.96 Å². The number of ether oxygens (including phenoxy) is 1. The normalized spacial score (nSPS) is 11.2. The lowest BCUT2D eigenvalue weighted by Crippen LogP contribution is -2.31. The number of thiophene rings is 1. The molecule has 0 aliphatic carbocycles. The third-order valence-electron chi connectivity index (χ3n) is 4.46. The van der Waals surface area contributed by atoms with Crippen LogP contribution in [-0.4, -0.2) is 39.9 Å². The van der Waals surface area contributed by atoms with E-state index in [0.717, 1.165) is 5.56 Å². The van der Waals surface area contributed by atoms with Crippen LogP contribution in [0.3, 0.4) is 0 Å². The van der Waals surface area contributed by atoms with Gasteiger partial charge < -0.3 is 9.64 Å². The molecular formula is C21H21ClN2O4S2. The molecule has 9 heteroatoms. The zero-order chi connectivity index (χ0) is 21.7. The van der Waals surface area contributed by atoms with E-state index in [1.165, 1.54) is 27.6 Å². The summed E-state index contributed by atoms with van der Waals surface area (Å²) >= 11 is 7.30. The van der Waals surface area contributed by atoms with Gasteiger partial charge in [-0.05, 0) is 47.3 Å². The minimum Gasteiger partial charge on any atom is -0.484 e. The number of sulfonamides is 1. The summed E-state index contributed by atoms with van der Waals surface area (Å²) in [4.78, 5) is 13.9. The van der Waals surface area contributed by atoms with Gasteiger partial charge in [0.15, 0.2) is 6.61 Å². The van der Waals surface area contributed by atoms with Crippen molar-refractivity contribution in [2.75, 3.05) is 25.0 Å². The first-order valence-corrected chi connectivity index (χ1v) is 11.7. The molecule has 1 amide bonds. The Morgan fingerprint density at radius 1 is 1.03 bits per heavy atom. The molecule has 0 saturated carbocycles. The van der Waals surface area contributed by atoms with E-state index >= 15 is 0 Å². The van der Waals surface area contributed by atoms with Crippen LogP contribution in [0.4, 0.5) is 5.69 Å². The summed E-state index contributed by atoms with van der Waals surface area (Å²) in [6.45, 7) is 0.246. The highest BCUT2D eigenvalue weighted by Crippen LogP contribution is 2.26. The van der Waals surface area contributed by atoms with Gasteiger partial charge in [0.25, 0.3) is 15.9 Å². The standard InChI is InChI=1S/C21H21ClN2O4S2/c1-23(14-16-6-3-4-7-19(16)22)20(25)15-28-18-11-9-17(10-12-18)24(2)30(26,27)21-8-5-13-29-21/h3-13H,14-15H2,1-2H3. The molecule has 0 spiro atoms. The van der Waals surface area contributed by atoms with Crippen LogP contribution in [0.1, 0.15) is 5.56 Å². The average Bonchev–Trinajstić information content (AvgIpc) is 3.29. The van der Waals surface area contributed by atoms with Crippen molar-refractivity contribution in [3.8, 4) is 5.75 Å². The van der Waals surface area contributed by atoms with Crippen LogP contribution in [0.15, 0.2) is 70.3 Å². The molecule has 1 aromatic heterocycles. The SMILES string of the molecule is CN(Cc1ccccc1Cl)C(=O)COc1ccc(N(C)S(=O)(=O)c2cccs2)cc1. The van der Waals surface area contributed by atoms with Crippen molar-refractivity contribution in [2.45, 2.75) is 10.8 Å². The lowest BCUT2D eigenvalue weighted by atomic mass is 10.2. The van der Waals surface area contributed by atoms with E-state index in [1.54, 1.807) is 54.9 Å². The number of hydrogen-bond donors (Lipinski definition) is 0. The van der Waals surface area contributed by atoms with Gasteiger partial charge in [0, 0.05) is 25.7 Å². The number of carbonyl (C=O) groups is 1.